The normalized spacial score (nSPS) is 12.7. The number of carbonyl (C=O) groups is 1. The second-order valence-electron chi connectivity index (χ2n) is 5.47. The Morgan fingerprint density at radius 3 is 2.38 bits per heavy atom. The fraction of sp³-hybridized carbons (Fsp3) is 0.462. The van der Waals surface area contributed by atoms with E-state index in [0.717, 1.165) is 4.31 Å². The zero-order chi connectivity index (χ0) is 16.4. The first kappa shape index (κ1) is 18.4. The lowest BCUT2D eigenvalue weighted by Crippen LogP contribution is -2.46. The average molecular weight is 399 g/mol. The summed E-state index contributed by atoms with van der Waals surface area (Å²) in [7, 11) is -3.88. The summed E-state index contributed by atoms with van der Waals surface area (Å²) in [4.78, 5) is 10.7. The van der Waals surface area contributed by atoms with Gasteiger partial charge in [-0.15, -0.1) is 0 Å². The highest BCUT2D eigenvalue weighted by Gasteiger charge is 2.35. The molecule has 1 aromatic rings. The Morgan fingerprint density at radius 1 is 1.38 bits per heavy atom. The lowest BCUT2D eigenvalue weighted by molar-refractivity contribution is -0.137. The number of halogens is 2. The van der Waals surface area contributed by atoms with Gasteiger partial charge in [0.05, 0.1) is 11.4 Å². The molecule has 0 unspecified atom stereocenters. The van der Waals surface area contributed by atoms with Gasteiger partial charge >= 0.3 is 5.97 Å². The van der Waals surface area contributed by atoms with Gasteiger partial charge in [-0.25, -0.2) is 8.42 Å². The van der Waals surface area contributed by atoms with Crippen molar-refractivity contribution >= 4 is 43.5 Å². The Bertz CT molecular complexity index is 640. The summed E-state index contributed by atoms with van der Waals surface area (Å²) in [6.45, 7) is 5.01. The molecule has 0 bridgehead atoms. The molecule has 0 atom stereocenters. The van der Waals surface area contributed by atoms with Crippen molar-refractivity contribution in [2.45, 2.75) is 37.6 Å². The van der Waals surface area contributed by atoms with Crippen LogP contribution in [0.25, 0.3) is 0 Å². The fourth-order valence-corrected chi connectivity index (χ4v) is 4.62. The van der Waals surface area contributed by atoms with Crippen molar-refractivity contribution in [3.63, 3.8) is 0 Å². The number of rotatable bonds is 5. The van der Waals surface area contributed by atoms with Gasteiger partial charge in [-0.3, -0.25) is 4.79 Å². The molecule has 5 nitrogen and oxygen atoms in total. The molecule has 0 aliphatic carbocycles. The van der Waals surface area contributed by atoms with Gasteiger partial charge in [0.15, 0.2) is 0 Å². The summed E-state index contributed by atoms with van der Waals surface area (Å²) in [5, 5.41) is 8.89. The molecule has 1 aromatic carbocycles. The van der Waals surface area contributed by atoms with Crippen LogP contribution < -0.4 is 0 Å². The van der Waals surface area contributed by atoms with Crippen LogP contribution in [-0.2, 0) is 14.8 Å². The van der Waals surface area contributed by atoms with Crippen molar-refractivity contribution in [3.05, 3.63) is 27.7 Å². The molecule has 0 saturated heterocycles. The van der Waals surface area contributed by atoms with Crippen molar-refractivity contribution in [2.75, 3.05) is 6.54 Å². The molecule has 8 heteroatoms. The van der Waals surface area contributed by atoms with Gasteiger partial charge in [0, 0.05) is 16.6 Å². The van der Waals surface area contributed by atoms with Crippen molar-refractivity contribution in [1.29, 1.82) is 0 Å². The zero-order valence-electron chi connectivity index (χ0n) is 11.9. The van der Waals surface area contributed by atoms with E-state index in [9.17, 15) is 13.2 Å². The minimum Gasteiger partial charge on any atom is -0.481 e. The molecule has 21 heavy (non-hydrogen) atoms. The summed E-state index contributed by atoms with van der Waals surface area (Å²) < 4.78 is 27.3. The third-order valence-corrected chi connectivity index (χ3v) is 5.88. The minimum atomic E-state index is -3.88. The van der Waals surface area contributed by atoms with Crippen molar-refractivity contribution < 1.29 is 18.3 Å². The molecular formula is C13H17BrClNO4S. The Labute approximate surface area is 138 Å². The fourth-order valence-electron chi connectivity index (χ4n) is 1.82. The number of benzene rings is 1. The number of aliphatic carboxylic acids is 1. The van der Waals surface area contributed by atoms with Gasteiger partial charge < -0.3 is 5.11 Å². The summed E-state index contributed by atoms with van der Waals surface area (Å²) in [6.07, 6.45) is -0.273. The van der Waals surface area contributed by atoms with Crippen LogP contribution in [0.2, 0.25) is 5.02 Å². The Kier molecular flexibility index (Phi) is 5.83. The Balaban J connectivity index is 3.30. The van der Waals surface area contributed by atoms with Crippen molar-refractivity contribution in [3.8, 4) is 0 Å². The first-order valence-electron chi connectivity index (χ1n) is 6.16. The third-order valence-electron chi connectivity index (χ3n) is 2.74. The van der Waals surface area contributed by atoms with Crippen LogP contribution in [0.1, 0.15) is 27.2 Å². The highest BCUT2D eigenvalue weighted by Crippen LogP contribution is 2.31. The largest absolute Gasteiger partial charge is 0.481 e. The Morgan fingerprint density at radius 2 is 1.95 bits per heavy atom. The molecule has 0 aliphatic rings. The van der Waals surface area contributed by atoms with Crippen LogP contribution in [0.3, 0.4) is 0 Å². The van der Waals surface area contributed by atoms with E-state index in [0.29, 0.717) is 4.47 Å². The first-order chi connectivity index (χ1) is 9.46. The van der Waals surface area contributed by atoms with Crippen LogP contribution in [-0.4, -0.2) is 35.9 Å². The van der Waals surface area contributed by atoms with E-state index < -0.39 is 21.5 Å². The molecule has 1 rings (SSSR count). The zero-order valence-corrected chi connectivity index (χ0v) is 15.1. The molecule has 0 fully saturated rings. The predicted molar refractivity (Wildman–Crippen MR) is 85.0 cm³/mol. The van der Waals surface area contributed by atoms with Gasteiger partial charge in [0.2, 0.25) is 10.0 Å². The first-order valence-corrected chi connectivity index (χ1v) is 8.77. The number of sulfonamides is 1. The van der Waals surface area contributed by atoms with E-state index in [1.807, 2.05) is 0 Å². The molecule has 0 amide bonds. The van der Waals surface area contributed by atoms with Gasteiger partial charge in [-0.1, -0.05) is 27.5 Å². The number of carboxylic acid groups (broad SMARTS) is 1. The maximum absolute atomic E-state index is 12.8. The van der Waals surface area contributed by atoms with Gasteiger partial charge in [-0.05, 0) is 39.0 Å². The van der Waals surface area contributed by atoms with E-state index in [1.165, 1.54) is 12.1 Å². The number of hydrogen-bond donors (Lipinski definition) is 1. The van der Waals surface area contributed by atoms with Crippen LogP contribution in [0.5, 0.6) is 0 Å². The molecule has 0 heterocycles. The standard InChI is InChI=1S/C13H17BrClNO4S/c1-13(2,3)16(7-6-12(17)18)21(19,20)11-5-4-9(14)8-10(11)15/h4-5,8H,6-7H2,1-3H3,(H,17,18). The second-order valence-corrected chi connectivity index (χ2v) is 8.62. The highest BCUT2D eigenvalue weighted by molar-refractivity contribution is 9.10. The molecule has 0 saturated carbocycles. The Hall–Kier alpha value is -0.630. The summed E-state index contributed by atoms with van der Waals surface area (Å²) >= 11 is 9.24. The molecule has 0 aromatic heterocycles. The van der Waals surface area contributed by atoms with Gasteiger partial charge in [0.1, 0.15) is 4.90 Å². The van der Waals surface area contributed by atoms with Crippen LogP contribution >= 0.6 is 27.5 Å². The van der Waals surface area contributed by atoms with Crippen molar-refractivity contribution in [2.24, 2.45) is 0 Å². The second kappa shape index (κ2) is 6.64. The monoisotopic (exact) mass is 397 g/mol. The minimum absolute atomic E-state index is 0.0346. The smallest absolute Gasteiger partial charge is 0.304 e. The van der Waals surface area contributed by atoms with E-state index in [-0.39, 0.29) is 22.9 Å². The van der Waals surface area contributed by atoms with Crippen LogP contribution in [0.4, 0.5) is 0 Å². The molecular weight excluding hydrogens is 382 g/mol. The summed E-state index contributed by atoms with van der Waals surface area (Å²) in [5.74, 6) is -1.05. The SMILES string of the molecule is CC(C)(C)N(CCC(=O)O)S(=O)(=O)c1ccc(Br)cc1Cl. The topological polar surface area (TPSA) is 74.7 Å². The molecule has 118 valence electrons. The third kappa shape index (κ3) is 4.67. The van der Waals surface area contributed by atoms with Crippen LogP contribution in [0.15, 0.2) is 27.6 Å². The maximum Gasteiger partial charge on any atom is 0.304 e. The van der Waals surface area contributed by atoms with E-state index in [4.69, 9.17) is 16.7 Å². The number of carboxylic acids is 1. The lowest BCUT2D eigenvalue weighted by Gasteiger charge is -2.34. The van der Waals surface area contributed by atoms with Crippen LogP contribution in [0, 0.1) is 0 Å². The predicted octanol–water partition coefficient (Wildman–Crippen LogP) is 3.37. The summed E-state index contributed by atoms with van der Waals surface area (Å²) in [6, 6.07) is 4.48. The molecule has 1 N–H and O–H groups in total. The van der Waals surface area contributed by atoms with E-state index in [2.05, 4.69) is 15.9 Å². The highest BCUT2D eigenvalue weighted by atomic mass is 79.9. The average Bonchev–Trinajstić information content (AvgIpc) is 2.25. The number of hydrogen-bond acceptors (Lipinski definition) is 3. The summed E-state index contributed by atoms with van der Waals surface area (Å²) in [5.41, 5.74) is -0.759. The quantitative estimate of drug-likeness (QED) is 0.825. The van der Waals surface area contributed by atoms with Crippen molar-refractivity contribution in [1.82, 2.24) is 4.31 Å². The van der Waals surface area contributed by atoms with E-state index in [1.54, 1.807) is 26.8 Å². The molecule has 0 radical (unpaired) electrons. The van der Waals surface area contributed by atoms with E-state index >= 15 is 0 Å². The van der Waals surface area contributed by atoms with Gasteiger partial charge in [0.25, 0.3) is 0 Å². The molecule has 0 aliphatic heterocycles. The maximum atomic E-state index is 12.8. The number of nitrogens with zero attached hydrogens (tertiary/aromatic N) is 1. The molecule has 0 spiro atoms. The van der Waals surface area contributed by atoms with Gasteiger partial charge in [-0.2, -0.15) is 4.31 Å². The lowest BCUT2D eigenvalue weighted by atomic mass is 10.1.